The predicted molar refractivity (Wildman–Crippen MR) is 87.2 cm³/mol. The molecule has 1 heterocycles. The number of nitrogens with one attached hydrogen (secondary N) is 1. The molecule has 2 N–H and O–H groups in total. The molecule has 0 radical (unpaired) electrons. The summed E-state index contributed by atoms with van der Waals surface area (Å²) in [5, 5.41) is 16.6. The van der Waals surface area contributed by atoms with Gasteiger partial charge in [0.15, 0.2) is 0 Å². The van der Waals surface area contributed by atoms with E-state index in [0.29, 0.717) is 18.6 Å². The van der Waals surface area contributed by atoms with Crippen molar-refractivity contribution in [1.29, 1.82) is 0 Å². The van der Waals surface area contributed by atoms with Gasteiger partial charge in [-0.2, -0.15) is 5.10 Å². The Morgan fingerprint density at radius 3 is 3.00 bits per heavy atom. The summed E-state index contributed by atoms with van der Waals surface area (Å²) in [6, 6.07) is 7.62. The fourth-order valence-electron chi connectivity index (χ4n) is 2.14. The molecule has 2 rings (SSSR count). The molecule has 124 valence electrons. The minimum atomic E-state index is -0.738. The first-order chi connectivity index (χ1) is 11.0. The van der Waals surface area contributed by atoms with Gasteiger partial charge >= 0.3 is 0 Å². The van der Waals surface area contributed by atoms with Crippen LogP contribution in [0, 0.1) is 6.92 Å². The molecule has 0 fully saturated rings. The van der Waals surface area contributed by atoms with Crippen LogP contribution in [0.1, 0.15) is 17.5 Å². The lowest BCUT2D eigenvalue weighted by atomic mass is 10.2. The highest BCUT2D eigenvalue weighted by atomic mass is 16.5. The fourth-order valence-corrected chi connectivity index (χ4v) is 2.14. The molecule has 1 aromatic carbocycles. The summed E-state index contributed by atoms with van der Waals surface area (Å²) < 4.78 is 7.21. The zero-order valence-electron chi connectivity index (χ0n) is 13.5. The number of aromatic nitrogens is 2. The third kappa shape index (κ3) is 6.12. The van der Waals surface area contributed by atoms with Gasteiger partial charge in [0.25, 0.3) is 0 Å². The van der Waals surface area contributed by atoms with Crippen LogP contribution in [-0.4, -0.2) is 40.0 Å². The number of carbonyl (C=O) groups is 1. The SMILES string of the molecule is Cc1cccc(OCC(O)CNC(=O)CCc2cnn(C)c2)c1. The summed E-state index contributed by atoms with van der Waals surface area (Å²) in [5.41, 5.74) is 2.12. The predicted octanol–water partition coefficient (Wildman–Crippen LogP) is 1.22. The number of aliphatic hydroxyl groups excluding tert-OH is 1. The van der Waals surface area contributed by atoms with Crippen LogP contribution in [0.25, 0.3) is 0 Å². The number of aliphatic hydroxyl groups is 1. The van der Waals surface area contributed by atoms with Crippen LogP contribution in [0.5, 0.6) is 5.75 Å². The fraction of sp³-hybridized carbons (Fsp3) is 0.412. The Hall–Kier alpha value is -2.34. The molecule has 0 bridgehead atoms. The van der Waals surface area contributed by atoms with E-state index in [9.17, 15) is 9.90 Å². The Labute approximate surface area is 136 Å². The van der Waals surface area contributed by atoms with Crippen molar-refractivity contribution in [2.24, 2.45) is 7.05 Å². The smallest absolute Gasteiger partial charge is 0.220 e. The van der Waals surface area contributed by atoms with Crippen molar-refractivity contribution in [2.45, 2.75) is 25.9 Å². The Balaban J connectivity index is 1.63. The van der Waals surface area contributed by atoms with Crippen LogP contribution in [0.2, 0.25) is 0 Å². The Morgan fingerprint density at radius 1 is 1.48 bits per heavy atom. The minimum Gasteiger partial charge on any atom is -0.491 e. The maximum atomic E-state index is 11.8. The van der Waals surface area contributed by atoms with Crippen molar-refractivity contribution in [3.8, 4) is 5.75 Å². The number of hydrogen-bond acceptors (Lipinski definition) is 4. The molecule has 0 saturated carbocycles. The Morgan fingerprint density at radius 2 is 2.30 bits per heavy atom. The molecule has 0 aliphatic rings. The first-order valence-corrected chi connectivity index (χ1v) is 7.64. The van der Waals surface area contributed by atoms with Crippen molar-refractivity contribution in [3.05, 3.63) is 47.8 Å². The molecule has 1 atom stereocenters. The van der Waals surface area contributed by atoms with E-state index in [1.807, 2.05) is 44.4 Å². The zero-order chi connectivity index (χ0) is 16.7. The first-order valence-electron chi connectivity index (χ1n) is 7.64. The molecule has 6 heteroatoms. The van der Waals surface area contributed by atoms with Crippen molar-refractivity contribution in [1.82, 2.24) is 15.1 Å². The minimum absolute atomic E-state index is 0.0940. The second-order valence-electron chi connectivity index (χ2n) is 5.61. The van der Waals surface area contributed by atoms with Gasteiger partial charge in [0.2, 0.25) is 5.91 Å². The van der Waals surface area contributed by atoms with Gasteiger partial charge in [-0.05, 0) is 36.6 Å². The Bertz CT molecular complexity index is 640. The Kier molecular flexibility index (Phi) is 6.17. The quantitative estimate of drug-likeness (QED) is 0.767. The van der Waals surface area contributed by atoms with E-state index in [0.717, 1.165) is 11.1 Å². The number of amides is 1. The van der Waals surface area contributed by atoms with Crippen LogP contribution in [-0.2, 0) is 18.3 Å². The standard InChI is InChI=1S/C17H23N3O3/c1-13-4-3-5-16(8-13)23-12-15(21)10-18-17(22)7-6-14-9-19-20(2)11-14/h3-5,8-9,11,15,21H,6-7,10,12H2,1-2H3,(H,18,22). The monoisotopic (exact) mass is 317 g/mol. The maximum Gasteiger partial charge on any atom is 0.220 e. The summed E-state index contributed by atoms with van der Waals surface area (Å²) in [7, 11) is 1.84. The van der Waals surface area contributed by atoms with E-state index in [1.165, 1.54) is 0 Å². The van der Waals surface area contributed by atoms with Gasteiger partial charge in [0.1, 0.15) is 18.5 Å². The molecule has 0 aliphatic heterocycles. The molecule has 0 saturated heterocycles. The summed E-state index contributed by atoms with van der Waals surface area (Å²) in [5.74, 6) is 0.621. The van der Waals surface area contributed by atoms with E-state index in [2.05, 4.69) is 10.4 Å². The van der Waals surface area contributed by atoms with E-state index >= 15 is 0 Å². The molecular weight excluding hydrogens is 294 g/mol. The van der Waals surface area contributed by atoms with Crippen LogP contribution in [0.3, 0.4) is 0 Å². The number of hydrogen-bond donors (Lipinski definition) is 2. The molecule has 1 aromatic heterocycles. The highest BCUT2D eigenvalue weighted by Crippen LogP contribution is 2.12. The van der Waals surface area contributed by atoms with Gasteiger partial charge in [0.05, 0.1) is 6.20 Å². The number of benzene rings is 1. The topological polar surface area (TPSA) is 76.4 Å². The lowest BCUT2D eigenvalue weighted by Crippen LogP contribution is -2.35. The van der Waals surface area contributed by atoms with Crippen molar-refractivity contribution < 1.29 is 14.6 Å². The maximum absolute atomic E-state index is 11.8. The van der Waals surface area contributed by atoms with Crippen molar-refractivity contribution in [3.63, 3.8) is 0 Å². The van der Waals surface area contributed by atoms with Gasteiger partial charge in [-0.15, -0.1) is 0 Å². The van der Waals surface area contributed by atoms with Gasteiger partial charge in [-0.1, -0.05) is 12.1 Å². The second kappa shape index (κ2) is 8.33. The highest BCUT2D eigenvalue weighted by Gasteiger charge is 2.09. The number of aryl methyl sites for hydroxylation is 3. The number of carbonyl (C=O) groups excluding carboxylic acids is 1. The first kappa shape index (κ1) is 17.0. The van der Waals surface area contributed by atoms with Crippen LogP contribution < -0.4 is 10.1 Å². The lowest BCUT2D eigenvalue weighted by molar-refractivity contribution is -0.121. The molecule has 0 aliphatic carbocycles. The van der Waals surface area contributed by atoms with Gasteiger partial charge in [-0.3, -0.25) is 9.48 Å². The molecular formula is C17H23N3O3. The van der Waals surface area contributed by atoms with Crippen molar-refractivity contribution >= 4 is 5.91 Å². The third-order valence-electron chi connectivity index (χ3n) is 3.37. The molecule has 6 nitrogen and oxygen atoms in total. The summed E-state index contributed by atoms with van der Waals surface area (Å²) in [6.07, 6.45) is 3.90. The summed E-state index contributed by atoms with van der Waals surface area (Å²) >= 11 is 0. The average Bonchev–Trinajstić information content (AvgIpc) is 2.94. The van der Waals surface area contributed by atoms with Gasteiger partial charge in [0, 0.05) is 26.2 Å². The molecule has 2 aromatic rings. The van der Waals surface area contributed by atoms with Crippen molar-refractivity contribution in [2.75, 3.05) is 13.2 Å². The van der Waals surface area contributed by atoms with Crippen LogP contribution in [0.4, 0.5) is 0 Å². The largest absolute Gasteiger partial charge is 0.491 e. The highest BCUT2D eigenvalue weighted by molar-refractivity contribution is 5.76. The normalized spacial score (nSPS) is 12.0. The van der Waals surface area contributed by atoms with E-state index < -0.39 is 6.10 Å². The summed E-state index contributed by atoms with van der Waals surface area (Å²) in [6.45, 7) is 2.30. The van der Waals surface area contributed by atoms with E-state index in [4.69, 9.17) is 4.74 Å². The molecule has 1 unspecified atom stereocenters. The van der Waals surface area contributed by atoms with Gasteiger partial charge in [-0.25, -0.2) is 0 Å². The van der Waals surface area contributed by atoms with E-state index in [1.54, 1.807) is 10.9 Å². The third-order valence-corrected chi connectivity index (χ3v) is 3.37. The van der Waals surface area contributed by atoms with Crippen LogP contribution >= 0.6 is 0 Å². The number of rotatable bonds is 8. The van der Waals surface area contributed by atoms with Crippen LogP contribution in [0.15, 0.2) is 36.7 Å². The molecule has 0 spiro atoms. The zero-order valence-corrected chi connectivity index (χ0v) is 13.5. The van der Waals surface area contributed by atoms with E-state index in [-0.39, 0.29) is 19.1 Å². The average molecular weight is 317 g/mol. The second-order valence-corrected chi connectivity index (χ2v) is 5.61. The van der Waals surface area contributed by atoms with Gasteiger partial charge < -0.3 is 15.2 Å². The lowest BCUT2D eigenvalue weighted by Gasteiger charge is -2.13. The number of nitrogens with zero attached hydrogens (tertiary/aromatic N) is 2. The molecule has 23 heavy (non-hydrogen) atoms. The summed E-state index contributed by atoms with van der Waals surface area (Å²) in [4.78, 5) is 11.8. The number of ether oxygens (including phenoxy) is 1. The molecule has 1 amide bonds.